The van der Waals surface area contributed by atoms with E-state index in [2.05, 4.69) is 51.7 Å². The second kappa shape index (κ2) is 9.92. The van der Waals surface area contributed by atoms with E-state index in [-0.39, 0.29) is 0 Å². The van der Waals surface area contributed by atoms with Gasteiger partial charge in [0.05, 0.1) is 10.4 Å². The van der Waals surface area contributed by atoms with Gasteiger partial charge in [0.2, 0.25) is 0 Å². The zero-order valence-electron chi connectivity index (χ0n) is 15.2. The number of halogens is 2. The van der Waals surface area contributed by atoms with Crippen LogP contribution in [0.3, 0.4) is 0 Å². The molecule has 28 heavy (non-hydrogen) atoms. The molecular weight excluding hydrogens is 437 g/mol. The number of fused-ring (bicyclic) bond motifs is 1. The van der Waals surface area contributed by atoms with Crippen LogP contribution in [0.5, 0.6) is 5.75 Å². The third kappa shape index (κ3) is 6.62. The Morgan fingerprint density at radius 1 is 1.04 bits per heavy atom. The highest BCUT2D eigenvalue weighted by Gasteiger charge is 2.20. The van der Waals surface area contributed by atoms with Gasteiger partial charge in [0.1, 0.15) is 12.4 Å². The molecule has 3 aromatic rings. The quantitative estimate of drug-likeness (QED) is 0.412. The molecule has 1 aromatic heterocycles. The Kier molecular flexibility index (Phi) is 7.57. The van der Waals surface area contributed by atoms with Crippen molar-refractivity contribution in [1.29, 1.82) is 0 Å². The standard InChI is InChI=1S/C20H21NOS.Cl2O2S/c1-3-7-15(8-4-1)14-22-17-11-12-18-19(13-17)23-21-20(18)16-9-5-2-6-10-16;1-5(2,3)4/h1,3-4,7-8,11-13,16H,2,5-6,9-10,14H2;. The van der Waals surface area contributed by atoms with Crippen LogP contribution in [-0.4, -0.2) is 12.8 Å². The molecule has 1 saturated carbocycles. The maximum absolute atomic E-state index is 9.16. The van der Waals surface area contributed by atoms with Crippen molar-refractivity contribution in [3.8, 4) is 5.75 Å². The van der Waals surface area contributed by atoms with Crippen molar-refractivity contribution in [2.45, 2.75) is 44.6 Å². The fourth-order valence-electron chi connectivity index (χ4n) is 3.44. The normalized spacial score (nSPS) is 15.1. The third-order valence-corrected chi connectivity index (χ3v) is 5.53. The molecule has 0 N–H and O–H groups in total. The smallest absolute Gasteiger partial charge is 0.317 e. The molecule has 0 bridgehead atoms. The molecule has 1 fully saturated rings. The molecule has 0 spiro atoms. The zero-order valence-corrected chi connectivity index (χ0v) is 18.3. The van der Waals surface area contributed by atoms with Crippen molar-refractivity contribution in [2.75, 3.05) is 0 Å². The van der Waals surface area contributed by atoms with Gasteiger partial charge in [-0.2, -0.15) is 12.8 Å². The van der Waals surface area contributed by atoms with E-state index in [1.807, 2.05) is 18.2 Å². The molecule has 1 aliphatic carbocycles. The van der Waals surface area contributed by atoms with Crippen molar-refractivity contribution < 1.29 is 13.2 Å². The minimum absolute atomic E-state index is 0.612. The highest BCUT2D eigenvalue weighted by Crippen LogP contribution is 2.38. The van der Waals surface area contributed by atoms with E-state index in [1.165, 1.54) is 53.4 Å². The summed E-state index contributed by atoms with van der Waals surface area (Å²) >= 11 is 1.61. The van der Waals surface area contributed by atoms with Gasteiger partial charge in [-0.25, -0.2) is 0 Å². The maximum atomic E-state index is 9.16. The van der Waals surface area contributed by atoms with E-state index in [0.717, 1.165) is 5.75 Å². The number of rotatable bonds is 4. The van der Waals surface area contributed by atoms with Gasteiger partial charge < -0.3 is 4.74 Å². The number of ether oxygens (including phenoxy) is 1. The molecule has 1 aliphatic rings. The Bertz CT molecular complexity index is 993. The van der Waals surface area contributed by atoms with Crippen molar-refractivity contribution in [3.05, 3.63) is 59.8 Å². The molecule has 1 heterocycles. The van der Waals surface area contributed by atoms with Crippen molar-refractivity contribution in [3.63, 3.8) is 0 Å². The van der Waals surface area contributed by atoms with Crippen molar-refractivity contribution in [1.82, 2.24) is 4.37 Å². The van der Waals surface area contributed by atoms with E-state index in [0.29, 0.717) is 12.5 Å². The zero-order chi connectivity index (χ0) is 20.0. The van der Waals surface area contributed by atoms with E-state index >= 15 is 0 Å². The summed E-state index contributed by atoms with van der Waals surface area (Å²) in [7, 11) is 4.81. The molecule has 0 saturated heterocycles. The topological polar surface area (TPSA) is 56.3 Å². The van der Waals surface area contributed by atoms with Crippen LogP contribution in [0, 0.1) is 0 Å². The summed E-state index contributed by atoms with van der Waals surface area (Å²) in [6.45, 7) is 0.612. The fraction of sp³-hybridized carbons (Fsp3) is 0.350. The average molecular weight is 458 g/mol. The lowest BCUT2D eigenvalue weighted by atomic mass is 9.86. The molecule has 0 unspecified atom stereocenters. The Morgan fingerprint density at radius 2 is 1.71 bits per heavy atom. The predicted molar refractivity (Wildman–Crippen MR) is 117 cm³/mol. The van der Waals surface area contributed by atoms with Crippen LogP contribution in [0.4, 0.5) is 0 Å². The van der Waals surface area contributed by atoms with E-state index < -0.39 is 8.26 Å². The van der Waals surface area contributed by atoms with Gasteiger partial charge in [0, 0.05) is 32.7 Å². The van der Waals surface area contributed by atoms with Crippen LogP contribution >= 0.6 is 32.9 Å². The van der Waals surface area contributed by atoms with Gasteiger partial charge in [-0.15, -0.1) is 0 Å². The predicted octanol–water partition coefficient (Wildman–Crippen LogP) is 6.63. The Hall–Kier alpha value is -1.34. The second-order valence-corrected chi connectivity index (χ2v) is 11.2. The fourth-order valence-corrected chi connectivity index (χ4v) is 4.32. The molecule has 0 aliphatic heterocycles. The van der Waals surface area contributed by atoms with Crippen molar-refractivity contribution in [2.24, 2.45) is 0 Å². The first-order valence-electron chi connectivity index (χ1n) is 9.10. The summed E-state index contributed by atoms with van der Waals surface area (Å²) in [6.07, 6.45) is 6.68. The molecule has 2 aromatic carbocycles. The molecule has 4 rings (SSSR count). The number of nitrogens with zero attached hydrogens (tertiary/aromatic N) is 1. The first kappa shape index (κ1) is 21.4. The van der Waals surface area contributed by atoms with Gasteiger partial charge in [-0.05, 0) is 48.1 Å². The van der Waals surface area contributed by atoms with Crippen molar-refractivity contribution >= 4 is 51.2 Å². The lowest BCUT2D eigenvalue weighted by molar-refractivity contribution is 0.306. The third-order valence-electron chi connectivity index (χ3n) is 4.71. The molecular formula is C20H21Cl2NO3S2. The largest absolute Gasteiger partial charge is 0.489 e. The monoisotopic (exact) mass is 457 g/mol. The molecule has 0 atom stereocenters. The minimum Gasteiger partial charge on any atom is -0.489 e. The van der Waals surface area contributed by atoms with Gasteiger partial charge >= 0.3 is 8.26 Å². The average Bonchev–Trinajstić information content (AvgIpc) is 3.10. The van der Waals surface area contributed by atoms with Gasteiger partial charge in [-0.1, -0.05) is 49.6 Å². The van der Waals surface area contributed by atoms with Crippen LogP contribution in [-0.2, 0) is 14.9 Å². The summed E-state index contributed by atoms with van der Waals surface area (Å²) < 4.78 is 30.3. The Balaban J connectivity index is 0.000000403. The summed E-state index contributed by atoms with van der Waals surface area (Å²) in [5, 5.41) is 1.33. The number of aromatic nitrogens is 1. The molecule has 0 amide bonds. The van der Waals surface area contributed by atoms with E-state index in [9.17, 15) is 0 Å². The molecule has 4 nitrogen and oxygen atoms in total. The van der Waals surface area contributed by atoms with Gasteiger partial charge in [0.25, 0.3) is 0 Å². The lowest BCUT2D eigenvalue weighted by Crippen LogP contribution is -2.04. The first-order chi connectivity index (χ1) is 13.4. The van der Waals surface area contributed by atoms with Crippen LogP contribution in [0.2, 0.25) is 0 Å². The highest BCUT2D eigenvalue weighted by atomic mass is 36.0. The number of benzene rings is 2. The first-order valence-corrected chi connectivity index (χ1v) is 13.0. The van der Waals surface area contributed by atoms with Gasteiger partial charge in [-0.3, -0.25) is 0 Å². The minimum atomic E-state index is -3.72. The summed E-state index contributed by atoms with van der Waals surface area (Å²) in [6, 6.07) is 16.7. The number of hydrogen-bond donors (Lipinski definition) is 0. The highest BCUT2D eigenvalue weighted by molar-refractivity contribution is 8.31. The van der Waals surface area contributed by atoms with Crippen LogP contribution in [0.1, 0.15) is 49.3 Å². The van der Waals surface area contributed by atoms with E-state index in [4.69, 9.17) is 17.5 Å². The Labute approximate surface area is 178 Å². The Morgan fingerprint density at radius 3 is 2.39 bits per heavy atom. The molecule has 0 radical (unpaired) electrons. The van der Waals surface area contributed by atoms with Crippen LogP contribution in [0.25, 0.3) is 10.1 Å². The van der Waals surface area contributed by atoms with Crippen LogP contribution < -0.4 is 4.74 Å². The van der Waals surface area contributed by atoms with Gasteiger partial charge in [0.15, 0.2) is 0 Å². The number of hydrogen-bond acceptors (Lipinski definition) is 5. The summed E-state index contributed by atoms with van der Waals surface area (Å²) in [5.41, 5.74) is 2.51. The molecule has 150 valence electrons. The van der Waals surface area contributed by atoms with Crippen LogP contribution in [0.15, 0.2) is 48.5 Å². The summed E-state index contributed by atoms with van der Waals surface area (Å²) in [4.78, 5) is 0. The second-order valence-electron chi connectivity index (χ2n) is 6.71. The molecule has 8 heteroatoms. The lowest BCUT2D eigenvalue weighted by Gasteiger charge is -2.20. The SMILES string of the molecule is O=S(=O)(Cl)Cl.c1ccc(COc2ccc3c(C4CCCCC4)nsc3c2)cc1. The summed E-state index contributed by atoms with van der Waals surface area (Å²) in [5.74, 6) is 1.59. The van der Waals surface area contributed by atoms with E-state index in [1.54, 1.807) is 11.5 Å². The maximum Gasteiger partial charge on any atom is 0.317 e.